The minimum absolute atomic E-state index is 0.346. The summed E-state index contributed by atoms with van der Waals surface area (Å²) in [5, 5.41) is 0. The van der Waals surface area contributed by atoms with Crippen LogP contribution in [-0.2, 0) is 6.42 Å². The molecule has 0 fully saturated rings. The van der Waals surface area contributed by atoms with Crippen LogP contribution >= 0.6 is 0 Å². The third-order valence-corrected chi connectivity index (χ3v) is 2.53. The number of hydrazine groups is 1. The van der Waals surface area contributed by atoms with E-state index >= 15 is 0 Å². The van der Waals surface area contributed by atoms with Gasteiger partial charge < -0.3 is 4.74 Å². The number of nitrogen functional groups attached to an aromatic ring is 1. The second-order valence-electron chi connectivity index (χ2n) is 3.88. The molecule has 0 radical (unpaired) electrons. The van der Waals surface area contributed by atoms with Crippen LogP contribution in [0, 0.1) is 6.92 Å². The monoisotopic (exact) mass is 244 g/mol. The van der Waals surface area contributed by atoms with E-state index in [9.17, 15) is 0 Å². The molecule has 3 N–H and O–H groups in total. The lowest BCUT2D eigenvalue weighted by atomic mass is 10.1. The summed E-state index contributed by atoms with van der Waals surface area (Å²) in [6.45, 7) is 3.95. The molecular formula is C13H16N4O. The van der Waals surface area contributed by atoms with Crippen molar-refractivity contribution in [1.82, 2.24) is 9.97 Å². The number of hydrogen-bond acceptors (Lipinski definition) is 5. The van der Waals surface area contributed by atoms with Gasteiger partial charge in [0, 0.05) is 11.8 Å². The highest BCUT2D eigenvalue weighted by atomic mass is 16.5. The standard InChI is InChI=1S/C13H16N4O/c1-3-10-6-4-5-7-11(10)18-12-8-9(2)15-13(16-12)17-14/h4-8H,3,14H2,1-2H3,(H,15,16,17). The lowest BCUT2D eigenvalue weighted by Crippen LogP contribution is -2.11. The van der Waals surface area contributed by atoms with Crippen molar-refractivity contribution in [2.75, 3.05) is 5.43 Å². The molecule has 94 valence electrons. The zero-order chi connectivity index (χ0) is 13.0. The van der Waals surface area contributed by atoms with Crippen LogP contribution in [0.4, 0.5) is 5.95 Å². The maximum Gasteiger partial charge on any atom is 0.240 e. The number of hydrogen-bond donors (Lipinski definition) is 2. The van der Waals surface area contributed by atoms with Gasteiger partial charge in [-0.15, -0.1) is 0 Å². The summed E-state index contributed by atoms with van der Waals surface area (Å²) >= 11 is 0. The summed E-state index contributed by atoms with van der Waals surface area (Å²) in [4.78, 5) is 8.26. The number of aryl methyl sites for hydroxylation is 2. The fourth-order valence-electron chi connectivity index (χ4n) is 1.66. The van der Waals surface area contributed by atoms with Gasteiger partial charge in [0.25, 0.3) is 0 Å². The van der Waals surface area contributed by atoms with Gasteiger partial charge in [-0.2, -0.15) is 4.98 Å². The molecule has 0 aliphatic rings. The first-order valence-electron chi connectivity index (χ1n) is 5.81. The Morgan fingerprint density at radius 3 is 2.78 bits per heavy atom. The highest BCUT2D eigenvalue weighted by Gasteiger charge is 2.06. The maximum absolute atomic E-state index is 5.78. The molecule has 0 aliphatic heterocycles. The summed E-state index contributed by atoms with van der Waals surface area (Å²) in [7, 11) is 0. The number of nitrogens with zero attached hydrogens (tertiary/aromatic N) is 2. The fourth-order valence-corrected chi connectivity index (χ4v) is 1.66. The Morgan fingerprint density at radius 1 is 1.28 bits per heavy atom. The molecule has 0 bridgehead atoms. The molecule has 0 saturated carbocycles. The van der Waals surface area contributed by atoms with Gasteiger partial charge in [-0.05, 0) is 25.0 Å². The van der Waals surface area contributed by atoms with Crippen LogP contribution in [0.2, 0.25) is 0 Å². The van der Waals surface area contributed by atoms with E-state index in [1.165, 1.54) is 0 Å². The second-order valence-corrected chi connectivity index (χ2v) is 3.88. The predicted molar refractivity (Wildman–Crippen MR) is 70.5 cm³/mol. The zero-order valence-corrected chi connectivity index (χ0v) is 10.5. The smallest absolute Gasteiger partial charge is 0.240 e. The van der Waals surface area contributed by atoms with Crippen molar-refractivity contribution in [3.63, 3.8) is 0 Å². The lowest BCUT2D eigenvalue weighted by Gasteiger charge is -2.10. The van der Waals surface area contributed by atoms with Gasteiger partial charge >= 0.3 is 0 Å². The van der Waals surface area contributed by atoms with E-state index in [1.54, 1.807) is 6.07 Å². The molecule has 0 amide bonds. The van der Waals surface area contributed by atoms with E-state index in [0.29, 0.717) is 11.8 Å². The molecule has 0 unspecified atom stereocenters. The van der Waals surface area contributed by atoms with E-state index in [-0.39, 0.29) is 0 Å². The molecule has 0 aliphatic carbocycles. The van der Waals surface area contributed by atoms with Gasteiger partial charge in [0.2, 0.25) is 11.8 Å². The third kappa shape index (κ3) is 2.75. The van der Waals surface area contributed by atoms with E-state index in [0.717, 1.165) is 23.4 Å². The van der Waals surface area contributed by atoms with Crippen molar-refractivity contribution in [2.45, 2.75) is 20.3 Å². The van der Waals surface area contributed by atoms with Crippen molar-refractivity contribution < 1.29 is 4.74 Å². The molecule has 1 aromatic heterocycles. The van der Waals surface area contributed by atoms with Crippen molar-refractivity contribution in [3.05, 3.63) is 41.6 Å². The topological polar surface area (TPSA) is 73.1 Å². The zero-order valence-electron chi connectivity index (χ0n) is 10.5. The second kappa shape index (κ2) is 5.46. The number of ether oxygens (including phenoxy) is 1. The molecule has 1 heterocycles. The van der Waals surface area contributed by atoms with Crippen LogP contribution in [0.15, 0.2) is 30.3 Å². The Morgan fingerprint density at radius 2 is 2.06 bits per heavy atom. The average molecular weight is 244 g/mol. The summed E-state index contributed by atoms with van der Waals surface area (Å²) in [6.07, 6.45) is 0.905. The molecular weight excluding hydrogens is 228 g/mol. The van der Waals surface area contributed by atoms with Gasteiger partial charge in [-0.1, -0.05) is 25.1 Å². The van der Waals surface area contributed by atoms with E-state index in [2.05, 4.69) is 22.3 Å². The van der Waals surface area contributed by atoms with E-state index in [1.807, 2.05) is 31.2 Å². The average Bonchev–Trinajstić information content (AvgIpc) is 2.38. The number of nitrogens with two attached hydrogens (primary N) is 1. The molecule has 0 spiro atoms. The Balaban J connectivity index is 2.30. The first kappa shape index (κ1) is 12.3. The summed E-state index contributed by atoms with van der Waals surface area (Å²) < 4.78 is 5.78. The fraction of sp³-hybridized carbons (Fsp3) is 0.231. The normalized spacial score (nSPS) is 10.2. The van der Waals surface area contributed by atoms with Crippen molar-refractivity contribution >= 4 is 5.95 Å². The summed E-state index contributed by atoms with van der Waals surface area (Å²) in [6, 6.07) is 9.65. The van der Waals surface area contributed by atoms with E-state index < -0.39 is 0 Å². The SMILES string of the molecule is CCc1ccccc1Oc1cc(C)nc(NN)n1. The minimum atomic E-state index is 0.346. The number of nitrogens with one attached hydrogen (secondary N) is 1. The molecule has 0 atom stereocenters. The molecule has 18 heavy (non-hydrogen) atoms. The van der Waals surface area contributed by atoms with Gasteiger partial charge in [0.05, 0.1) is 0 Å². The highest BCUT2D eigenvalue weighted by molar-refractivity contribution is 5.37. The van der Waals surface area contributed by atoms with Crippen molar-refractivity contribution in [2.24, 2.45) is 5.84 Å². The van der Waals surface area contributed by atoms with Gasteiger partial charge in [-0.25, -0.2) is 10.8 Å². The number of benzene rings is 1. The Labute approximate surface area is 106 Å². The maximum atomic E-state index is 5.78. The molecule has 5 nitrogen and oxygen atoms in total. The van der Waals surface area contributed by atoms with Gasteiger partial charge in [-0.3, -0.25) is 5.43 Å². The van der Waals surface area contributed by atoms with Crippen LogP contribution in [0.25, 0.3) is 0 Å². The summed E-state index contributed by atoms with van der Waals surface area (Å²) in [5.74, 6) is 6.94. The molecule has 1 aromatic carbocycles. The molecule has 2 rings (SSSR count). The van der Waals surface area contributed by atoms with Crippen LogP contribution in [0.3, 0.4) is 0 Å². The minimum Gasteiger partial charge on any atom is -0.439 e. The van der Waals surface area contributed by atoms with Crippen LogP contribution in [0.1, 0.15) is 18.2 Å². The number of rotatable bonds is 4. The van der Waals surface area contributed by atoms with Crippen LogP contribution in [-0.4, -0.2) is 9.97 Å². The van der Waals surface area contributed by atoms with E-state index in [4.69, 9.17) is 10.6 Å². The number of anilines is 1. The van der Waals surface area contributed by atoms with Crippen LogP contribution in [0.5, 0.6) is 11.6 Å². The Hall–Kier alpha value is -2.14. The Bertz CT molecular complexity index is 542. The van der Waals surface area contributed by atoms with Gasteiger partial charge in [0.1, 0.15) is 5.75 Å². The molecule has 0 saturated heterocycles. The molecule has 2 aromatic rings. The van der Waals surface area contributed by atoms with Gasteiger partial charge in [0.15, 0.2) is 0 Å². The summed E-state index contributed by atoms with van der Waals surface area (Å²) in [5.41, 5.74) is 4.35. The first-order chi connectivity index (χ1) is 8.72. The third-order valence-electron chi connectivity index (χ3n) is 2.53. The Kier molecular flexibility index (Phi) is 3.74. The quantitative estimate of drug-likeness (QED) is 0.638. The highest BCUT2D eigenvalue weighted by Crippen LogP contribution is 2.25. The first-order valence-corrected chi connectivity index (χ1v) is 5.81. The lowest BCUT2D eigenvalue weighted by molar-refractivity contribution is 0.456. The predicted octanol–water partition coefficient (Wildman–Crippen LogP) is 2.43. The number of para-hydroxylation sites is 1. The molecule has 5 heteroatoms. The van der Waals surface area contributed by atoms with Crippen LogP contribution < -0.4 is 16.0 Å². The van der Waals surface area contributed by atoms with Crippen molar-refractivity contribution in [3.8, 4) is 11.6 Å². The number of aromatic nitrogens is 2. The van der Waals surface area contributed by atoms with Crippen molar-refractivity contribution in [1.29, 1.82) is 0 Å². The largest absolute Gasteiger partial charge is 0.439 e.